The van der Waals surface area contributed by atoms with E-state index in [2.05, 4.69) is 31.6 Å². The number of hydrogen-bond donors (Lipinski definition) is 13. The largest absolute Gasteiger partial charge is 0.481 e. The van der Waals surface area contributed by atoms with E-state index in [1.807, 2.05) is 10.6 Å². The monoisotopic (exact) mass is 661 g/mol. The molecule has 258 valence electrons. The summed E-state index contributed by atoms with van der Waals surface area (Å²) >= 11 is 0. The fourth-order valence-electron chi connectivity index (χ4n) is 3.13. The van der Waals surface area contributed by atoms with Gasteiger partial charge in [-0.3, -0.25) is 43.3 Å². The predicted octanol–water partition coefficient (Wildman–Crippen LogP) is -8.53. The van der Waals surface area contributed by atoms with E-state index in [0.717, 1.165) is 0 Å². The number of aliphatic hydroxyl groups is 1. The molecule has 23 nitrogen and oxygen atoms in total. The number of nitrogens with one attached hydrogen (secondary N) is 7. The second kappa shape index (κ2) is 22.0. The molecule has 0 rings (SSSR count). The molecule has 7 amide bonds. The second-order valence-corrected chi connectivity index (χ2v) is 9.12. The molecule has 0 fully saturated rings. The van der Waals surface area contributed by atoms with E-state index in [4.69, 9.17) is 32.5 Å². The Bertz CT molecular complexity index is 1160. The first kappa shape index (κ1) is 40.4. The van der Waals surface area contributed by atoms with Gasteiger partial charge in [-0.05, 0) is 12.8 Å². The van der Waals surface area contributed by atoms with Gasteiger partial charge in [0.15, 0.2) is 5.96 Å². The first-order valence-electron chi connectivity index (χ1n) is 13.4. The molecule has 0 aliphatic rings. The van der Waals surface area contributed by atoms with Crippen molar-refractivity contribution in [3.8, 4) is 0 Å². The third kappa shape index (κ3) is 18.9. The fraction of sp³-hybridized carbons (Fsp3) is 0.565. The minimum absolute atomic E-state index is 0.0573. The molecule has 0 bridgehead atoms. The Labute approximate surface area is 260 Å². The van der Waals surface area contributed by atoms with E-state index < -0.39 is 111 Å². The lowest BCUT2D eigenvalue weighted by Gasteiger charge is -2.21. The number of carbonyl (C=O) groups excluding carboxylic acids is 7. The van der Waals surface area contributed by atoms with Crippen LogP contribution in [0.3, 0.4) is 0 Å². The molecule has 0 aliphatic heterocycles. The molecule has 0 aromatic rings. The van der Waals surface area contributed by atoms with Crippen LogP contribution in [0.2, 0.25) is 0 Å². The maximum absolute atomic E-state index is 12.8. The number of nitrogens with zero attached hydrogens (tertiary/aromatic N) is 1. The smallest absolute Gasteiger partial charge is 0.328 e. The lowest BCUT2D eigenvalue weighted by molar-refractivity contribution is -0.144. The third-order valence-corrected chi connectivity index (χ3v) is 5.37. The van der Waals surface area contributed by atoms with E-state index in [1.165, 1.54) is 0 Å². The van der Waals surface area contributed by atoms with E-state index in [1.54, 1.807) is 0 Å². The lowest BCUT2D eigenvalue weighted by atomic mass is 10.1. The van der Waals surface area contributed by atoms with Crippen LogP contribution >= 0.6 is 0 Å². The van der Waals surface area contributed by atoms with E-state index in [-0.39, 0.29) is 31.9 Å². The van der Waals surface area contributed by atoms with Crippen molar-refractivity contribution in [2.45, 2.75) is 37.4 Å². The van der Waals surface area contributed by atoms with E-state index in [9.17, 15) is 43.2 Å². The number of hydrogen-bond acceptors (Lipinski definition) is 12. The maximum atomic E-state index is 12.8. The number of carboxylic acid groups (broad SMARTS) is 2. The van der Waals surface area contributed by atoms with Gasteiger partial charge in [0.2, 0.25) is 41.4 Å². The van der Waals surface area contributed by atoms with Crippen LogP contribution in [0.25, 0.3) is 0 Å². The molecule has 0 aromatic carbocycles. The highest BCUT2D eigenvalue weighted by Gasteiger charge is 2.28. The van der Waals surface area contributed by atoms with Crippen molar-refractivity contribution in [1.29, 1.82) is 0 Å². The Morgan fingerprint density at radius 3 is 1.61 bits per heavy atom. The average molecular weight is 662 g/mol. The van der Waals surface area contributed by atoms with E-state index >= 15 is 0 Å². The molecular weight excluding hydrogens is 622 g/mol. The highest BCUT2D eigenvalue weighted by molar-refractivity contribution is 5.95. The van der Waals surface area contributed by atoms with Crippen LogP contribution in [0.4, 0.5) is 0 Å². The molecule has 0 unspecified atom stereocenters. The van der Waals surface area contributed by atoms with Crippen molar-refractivity contribution < 1.29 is 58.5 Å². The van der Waals surface area contributed by atoms with Crippen molar-refractivity contribution in [3.63, 3.8) is 0 Å². The zero-order valence-electron chi connectivity index (χ0n) is 24.5. The van der Waals surface area contributed by atoms with Crippen LogP contribution in [0.15, 0.2) is 4.99 Å². The number of rotatable bonds is 22. The van der Waals surface area contributed by atoms with Gasteiger partial charge >= 0.3 is 11.9 Å². The summed E-state index contributed by atoms with van der Waals surface area (Å²) in [5, 5.41) is 42.1. The molecule has 16 N–H and O–H groups in total. The molecule has 0 saturated heterocycles. The minimum atomic E-state index is -1.78. The fourth-order valence-corrected chi connectivity index (χ4v) is 3.13. The van der Waals surface area contributed by atoms with Crippen LogP contribution in [-0.2, 0) is 43.2 Å². The minimum Gasteiger partial charge on any atom is -0.481 e. The number of carbonyl (C=O) groups is 9. The predicted molar refractivity (Wildman–Crippen MR) is 154 cm³/mol. The van der Waals surface area contributed by atoms with Crippen molar-refractivity contribution in [2.75, 3.05) is 45.9 Å². The third-order valence-electron chi connectivity index (χ3n) is 5.37. The first-order chi connectivity index (χ1) is 21.6. The summed E-state index contributed by atoms with van der Waals surface area (Å²) in [6.07, 6.45) is -0.860. The van der Waals surface area contributed by atoms with Gasteiger partial charge in [0.05, 0.1) is 45.8 Å². The van der Waals surface area contributed by atoms with Gasteiger partial charge in [0, 0.05) is 6.54 Å². The Balaban J connectivity index is 5.16. The SMILES string of the molecule is NCC(=O)NCC(=O)NCC(=O)NCC(=O)N[C@@H](CCCN=C(N)N)C(=O)NCC(=O)N[C@@H](CC(=O)O)C(=O)N[C@@H](CO)C(=O)O. The summed E-state index contributed by atoms with van der Waals surface area (Å²) in [5.74, 6) is -9.50. The number of nitrogens with two attached hydrogens (primary N) is 3. The van der Waals surface area contributed by atoms with Crippen LogP contribution in [0.1, 0.15) is 19.3 Å². The van der Waals surface area contributed by atoms with Crippen LogP contribution in [0.5, 0.6) is 0 Å². The molecule has 3 atom stereocenters. The van der Waals surface area contributed by atoms with Gasteiger partial charge in [-0.15, -0.1) is 0 Å². The van der Waals surface area contributed by atoms with Gasteiger partial charge in [-0.25, -0.2) is 4.79 Å². The molecule has 23 heteroatoms. The first-order valence-corrected chi connectivity index (χ1v) is 13.4. The van der Waals surface area contributed by atoms with Gasteiger partial charge < -0.3 is 69.7 Å². The molecule has 0 radical (unpaired) electrons. The molecule has 0 spiro atoms. The number of carboxylic acids is 2. The molecule has 46 heavy (non-hydrogen) atoms. The van der Waals surface area contributed by atoms with Crippen LogP contribution in [0, 0.1) is 0 Å². The highest BCUT2D eigenvalue weighted by Crippen LogP contribution is 2.00. The van der Waals surface area contributed by atoms with Crippen molar-refractivity contribution in [2.24, 2.45) is 22.2 Å². The summed E-state index contributed by atoms with van der Waals surface area (Å²) in [6, 6.07) is -4.84. The van der Waals surface area contributed by atoms with Gasteiger partial charge in [-0.2, -0.15) is 0 Å². The number of guanidine groups is 1. The Morgan fingerprint density at radius 2 is 1.13 bits per heavy atom. The normalized spacial score (nSPS) is 12.1. The van der Waals surface area contributed by atoms with Crippen molar-refractivity contribution in [1.82, 2.24) is 37.2 Å². The molecular formula is C23H39N11O12. The quantitative estimate of drug-likeness (QED) is 0.0291. The number of amides is 7. The molecule has 0 aliphatic carbocycles. The number of aliphatic imine (C=N–C) groups is 1. The standard InChI is InChI=1S/C23H39N11O12/c24-5-14(36)28-6-15(37)29-7-16(38)30-8-17(39)32-11(2-1-3-27-23(25)26)20(43)31-9-18(40)33-12(4-19(41)42)21(44)34-13(10-35)22(45)46/h11-13,35H,1-10,24H2,(H,28,36)(H,29,37)(H,30,38)(H,31,43)(H,32,39)(H,33,40)(H,34,44)(H,41,42)(H,45,46)(H4,25,26,27)/t11-,12-,13-/m0/s1. The topological polar surface area (TPSA) is 389 Å². The summed E-state index contributed by atoms with van der Waals surface area (Å²) in [6.45, 7) is -3.71. The van der Waals surface area contributed by atoms with Crippen LogP contribution in [-0.4, -0.2) is 139 Å². The summed E-state index contributed by atoms with van der Waals surface area (Å²) in [5.41, 5.74) is 15.6. The lowest BCUT2D eigenvalue weighted by Crippen LogP contribution is -2.55. The van der Waals surface area contributed by atoms with Gasteiger partial charge in [0.25, 0.3) is 0 Å². The molecule has 0 saturated carbocycles. The average Bonchev–Trinajstić information content (AvgIpc) is 2.99. The van der Waals surface area contributed by atoms with Crippen molar-refractivity contribution in [3.05, 3.63) is 0 Å². The summed E-state index contributed by atoms with van der Waals surface area (Å²) in [4.78, 5) is 110. The zero-order chi connectivity index (χ0) is 35.2. The number of aliphatic hydroxyl groups excluding tert-OH is 1. The second-order valence-electron chi connectivity index (χ2n) is 9.12. The van der Waals surface area contributed by atoms with E-state index in [0.29, 0.717) is 0 Å². The maximum Gasteiger partial charge on any atom is 0.328 e. The summed E-state index contributed by atoms with van der Waals surface area (Å²) in [7, 11) is 0. The van der Waals surface area contributed by atoms with Crippen LogP contribution < -0.4 is 54.4 Å². The Kier molecular flexibility index (Phi) is 19.3. The number of aliphatic carboxylic acids is 2. The molecule has 0 heterocycles. The summed E-state index contributed by atoms with van der Waals surface area (Å²) < 4.78 is 0. The Morgan fingerprint density at radius 1 is 0.630 bits per heavy atom. The Hall–Kier alpha value is -5.58. The van der Waals surface area contributed by atoms with Crippen molar-refractivity contribution >= 4 is 59.2 Å². The van der Waals surface area contributed by atoms with Gasteiger partial charge in [-0.1, -0.05) is 0 Å². The highest BCUT2D eigenvalue weighted by atomic mass is 16.4. The van der Waals surface area contributed by atoms with Gasteiger partial charge in [0.1, 0.15) is 18.1 Å². The zero-order valence-corrected chi connectivity index (χ0v) is 24.5. The molecule has 0 aromatic heterocycles.